The fourth-order valence-electron chi connectivity index (χ4n) is 2.73. The molecule has 0 aliphatic rings. The Morgan fingerprint density at radius 2 is 1.18 bits per heavy atom. The molecule has 0 unspecified atom stereocenters. The minimum absolute atomic E-state index is 0. The Balaban J connectivity index is 0. The zero-order chi connectivity index (χ0) is 33.3. The fourth-order valence-corrected chi connectivity index (χ4v) is 3.74. The normalized spacial score (nSPS) is 9.43. The third kappa shape index (κ3) is 13.1. The van der Waals surface area contributed by atoms with Crippen LogP contribution in [0.1, 0.15) is 28.1 Å². The van der Waals surface area contributed by atoms with E-state index in [2.05, 4.69) is 31.9 Å². The van der Waals surface area contributed by atoms with Crippen molar-refractivity contribution in [3.8, 4) is 0 Å². The lowest BCUT2D eigenvalue weighted by Crippen LogP contribution is -2.42. The van der Waals surface area contributed by atoms with Crippen LogP contribution in [0.3, 0.4) is 0 Å². The zero-order valence-electron chi connectivity index (χ0n) is 23.1. The summed E-state index contributed by atoms with van der Waals surface area (Å²) in [5, 5.41) is 34.9. The molecular weight excluding hydrogens is 670 g/mol. The second-order valence-electron chi connectivity index (χ2n) is 7.37. The Morgan fingerprint density at radius 3 is 1.52 bits per heavy atom. The number of halogens is 4. The van der Waals surface area contributed by atoms with Crippen LogP contribution in [0, 0.1) is 0 Å². The predicted molar refractivity (Wildman–Crippen MR) is 170 cm³/mol. The van der Waals surface area contributed by atoms with Gasteiger partial charge < -0.3 is 35.4 Å². The lowest BCUT2D eigenvalue weighted by atomic mass is 10.2. The molecule has 0 heterocycles. The Kier molecular flexibility index (Phi) is 21.5. The van der Waals surface area contributed by atoms with Gasteiger partial charge in [0.25, 0.3) is 0 Å². The maximum atomic E-state index is 11.9. The van der Waals surface area contributed by atoms with Crippen molar-refractivity contribution in [2.24, 2.45) is 10.9 Å². The van der Waals surface area contributed by atoms with E-state index in [1.54, 1.807) is 0 Å². The summed E-state index contributed by atoms with van der Waals surface area (Å²) in [7, 11) is 3.41. The van der Waals surface area contributed by atoms with Gasteiger partial charge >= 0.3 is 24.0 Å². The van der Waals surface area contributed by atoms with Crippen LogP contribution in [0.15, 0.2) is 29.4 Å². The molecule has 19 heteroatoms. The molecule has 2 rings (SSSR count). The molecule has 15 nitrogen and oxygen atoms in total. The molecule has 2 aromatic rings. The first kappa shape index (κ1) is 42.7. The number of carbonyl (C=O) groups is 4. The molecule has 0 aliphatic carbocycles. The number of amides is 4. The van der Waals surface area contributed by atoms with Crippen molar-refractivity contribution in [1.82, 2.24) is 10.0 Å². The van der Waals surface area contributed by atoms with E-state index in [9.17, 15) is 19.2 Å². The van der Waals surface area contributed by atoms with Crippen molar-refractivity contribution in [3.63, 3.8) is 0 Å². The molecule has 0 aromatic heterocycles. The van der Waals surface area contributed by atoms with Gasteiger partial charge in [0.15, 0.2) is 0 Å². The lowest BCUT2D eigenvalue weighted by molar-refractivity contribution is 0.0592. The summed E-state index contributed by atoms with van der Waals surface area (Å²) in [6.07, 6.45) is 0. The molecule has 246 valence electrons. The van der Waals surface area contributed by atoms with Gasteiger partial charge in [0.1, 0.15) is 0 Å². The van der Waals surface area contributed by atoms with Crippen LogP contribution in [0.25, 0.3) is 0 Å². The molecule has 0 saturated carbocycles. The number of nitrogens with one attached hydrogen (secondary N) is 2. The third-order valence-electron chi connectivity index (χ3n) is 4.73. The van der Waals surface area contributed by atoms with Gasteiger partial charge in [-0.25, -0.2) is 30.0 Å². The standard InChI is InChI=1S/C12H13Cl2N3O4.C11H13Cl2N3O4.CH4O.CH4/c1-15-17(3-4-18)12(20)16-10-5-7(11(19)21-2)8(13)6-9(10)14;1-20-10(18)6-4-9(8(13)5-7(6)12)15-11(19)16(14)2-3-17;1-2;/h5-6,18H,1,3-4H2,2H3,(H,16,20);4-5,17H,2-3,14H2,1H3,(H,15,19);2H,1H3;1H4. The first-order valence-electron chi connectivity index (χ1n) is 11.5. The number of hydrazone groups is 1. The number of aliphatic hydroxyl groups is 3. The topological polar surface area (TPSA) is 216 Å². The van der Waals surface area contributed by atoms with E-state index in [1.807, 2.05) is 0 Å². The van der Waals surface area contributed by atoms with Crippen LogP contribution in [-0.2, 0) is 9.47 Å². The van der Waals surface area contributed by atoms with Crippen molar-refractivity contribution in [3.05, 3.63) is 55.5 Å². The number of nitrogens with two attached hydrogens (primary N) is 1. The van der Waals surface area contributed by atoms with E-state index in [0.717, 1.165) is 17.1 Å². The van der Waals surface area contributed by atoms with Gasteiger partial charge in [-0.2, -0.15) is 5.10 Å². The largest absolute Gasteiger partial charge is 0.465 e. The monoisotopic (exact) mass is 702 g/mol. The van der Waals surface area contributed by atoms with Gasteiger partial charge in [0, 0.05) is 13.8 Å². The Morgan fingerprint density at radius 1 is 0.795 bits per heavy atom. The van der Waals surface area contributed by atoms with Crippen LogP contribution in [0.2, 0.25) is 20.1 Å². The summed E-state index contributed by atoms with van der Waals surface area (Å²) < 4.78 is 9.13. The number of ether oxygens (including phenoxy) is 2. The van der Waals surface area contributed by atoms with E-state index < -0.39 is 24.0 Å². The minimum Gasteiger partial charge on any atom is -0.465 e. The Bertz CT molecular complexity index is 1290. The van der Waals surface area contributed by atoms with Crippen molar-refractivity contribution in [1.29, 1.82) is 0 Å². The smallest absolute Gasteiger partial charge is 0.342 e. The second kappa shape index (κ2) is 22.2. The summed E-state index contributed by atoms with van der Waals surface area (Å²) in [6.45, 7) is 2.55. The number of benzene rings is 2. The molecule has 0 saturated heterocycles. The van der Waals surface area contributed by atoms with Gasteiger partial charge in [0.05, 0.1) is 83.1 Å². The highest BCUT2D eigenvalue weighted by atomic mass is 35.5. The molecule has 7 N–H and O–H groups in total. The number of hydrogen-bond acceptors (Lipinski definition) is 11. The van der Waals surface area contributed by atoms with Crippen LogP contribution < -0.4 is 16.5 Å². The number of rotatable bonds is 9. The molecular formula is C25H34Cl4N6O9. The zero-order valence-corrected chi connectivity index (χ0v) is 26.1. The van der Waals surface area contributed by atoms with E-state index in [1.165, 1.54) is 38.5 Å². The number of nitrogens with zero attached hydrogens (tertiary/aromatic N) is 3. The average Bonchev–Trinajstić information content (AvgIpc) is 2.99. The number of methoxy groups -OCH3 is 2. The molecule has 0 bridgehead atoms. The maximum absolute atomic E-state index is 11.9. The molecule has 0 radical (unpaired) electrons. The summed E-state index contributed by atoms with van der Waals surface area (Å²) in [6, 6.07) is 3.81. The number of carbonyl (C=O) groups excluding carboxylic acids is 4. The second-order valence-corrected chi connectivity index (χ2v) is 9.00. The van der Waals surface area contributed by atoms with Crippen molar-refractivity contribution in [2.75, 3.05) is 58.3 Å². The van der Waals surface area contributed by atoms with Crippen LogP contribution in [0.4, 0.5) is 21.0 Å². The Labute approximate surface area is 274 Å². The molecule has 0 spiro atoms. The summed E-state index contributed by atoms with van der Waals surface area (Å²) in [5.74, 6) is 4.05. The first-order chi connectivity index (χ1) is 20.3. The number of hydrazine groups is 1. The van der Waals surface area contributed by atoms with Crippen LogP contribution in [0.5, 0.6) is 0 Å². The fraction of sp³-hybridized carbons (Fsp3) is 0.320. The molecule has 4 amide bonds. The molecule has 2 aromatic carbocycles. The highest BCUT2D eigenvalue weighted by molar-refractivity contribution is 6.39. The van der Waals surface area contributed by atoms with E-state index in [4.69, 9.17) is 67.6 Å². The van der Waals surface area contributed by atoms with E-state index in [0.29, 0.717) is 0 Å². The summed E-state index contributed by atoms with van der Waals surface area (Å²) in [5.41, 5.74) is 0.409. The molecule has 0 atom stereocenters. The number of urea groups is 2. The van der Waals surface area contributed by atoms with E-state index in [-0.39, 0.29) is 76.3 Å². The maximum Gasteiger partial charge on any atom is 0.342 e. The number of esters is 2. The number of aliphatic hydroxyl groups excluding tert-OH is 3. The first-order valence-corrected chi connectivity index (χ1v) is 13.1. The predicted octanol–water partition coefficient (Wildman–Crippen LogP) is 3.95. The highest BCUT2D eigenvalue weighted by Crippen LogP contribution is 2.31. The third-order valence-corrected chi connectivity index (χ3v) is 5.98. The summed E-state index contributed by atoms with van der Waals surface area (Å²) in [4.78, 5) is 46.6. The lowest BCUT2D eigenvalue weighted by Gasteiger charge is -2.17. The number of anilines is 2. The SMILES string of the molecule is C.C=NN(CCO)C(=O)Nc1cc(C(=O)OC)c(Cl)cc1Cl.CO.COC(=O)c1cc(NC(=O)N(N)CCO)c(Cl)cc1Cl. The molecule has 0 aliphatic heterocycles. The highest BCUT2D eigenvalue weighted by Gasteiger charge is 2.19. The van der Waals surface area contributed by atoms with E-state index >= 15 is 0 Å². The Hall–Kier alpha value is -3.41. The minimum atomic E-state index is -0.695. The van der Waals surface area contributed by atoms with Crippen LogP contribution in [-0.4, -0.2) is 104 Å². The molecule has 44 heavy (non-hydrogen) atoms. The van der Waals surface area contributed by atoms with Gasteiger partial charge in [-0.3, -0.25) is 5.01 Å². The van der Waals surface area contributed by atoms with Gasteiger partial charge in [0.2, 0.25) is 0 Å². The van der Waals surface area contributed by atoms with Crippen molar-refractivity contribution in [2.45, 2.75) is 7.43 Å². The van der Waals surface area contributed by atoms with Crippen molar-refractivity contribution >= 4 is 88.5 Å². The quantitative estimate of drug-likeness (QED) is 0.0727. The van der Waals surface area contributed by atoms with Crippen LogP contribution >= 0.6 is 46.4 Å². The van der Waals surface area contributed by atoms with Crippen molar-refractivity contribution < 1.29 is 44.0 Å². The van der Waals surface area contributed by atoms with Gasteiger partial charge in [-0.1, -0.05) is 53.8 Å². The van der Waals surface area contributed by atoms with Gasteiger partial charge in [-0.05, 0) is 24.3 Å². The summed E-state index contributed by atoms with van der Waals surface area (Å²) >= 11 is 23.6. The average molecular weight is 704 g/mol. The molecule has 0 fully saturated rings. The number of hydrogen-bond donors (Lipinski definition) is 6. The van der Waals surface area contributed by atoms with Gasteiger partial charge in [-0.15, -0.1) is 0 Å².